The molecule has 1 rings (SSSR count). The number of nitro benzene ring substituents is 1. The largest absolute Gasteiger partial charge is 0.304 e. The molecule has 1 aromatic carbocycles. The third-order valence-electron chi connectivity index (χ3n) is 3.19. The van der Waals surface area contributed by atoms with E-state index in [4.69, 9.17) is 0 Å². The lowest BCUT2D eigenvalue weighted by molar-refractivity contribution is -0.387. The van der Waals surface area contributed by atoms with E-state index < -0.39 is 23.9 Å². The highest BCUT2D eigenvalue weighted by Gasteiger charge is 2.25. The van der Waals surface area contributed by atoms with E-state index in [0.29, 0.717) is 29.3 Å². The first-order valence-corrected chi connectivity index (χ1v) is 11.1. The zero-order valence-corrected chi connectivity index (χ0v) is 16.7. The van der Waals surface area contributed by atoms with Crippen molar-refractivity contribution in [3.63, 3.8) is 0 Å². The Kier molecular flexibility index (Phi) is 8.85. The van der Waals surface area contributed by atoms with Crippen LogP contribution >= 0.6 is 39.3 Å². The van der Waals surface area contributed by atoms with E-state index in [9.17, 15) is 19.1 Å². The molecule has 10 heteroatoms. The number of nitro groups is 1. The second kappa shape index (κ2) is 9.84. The molecule has 1 unspecified atom stereocenters. The second-order valence-electron chi connectivity index (χ2n) is 4.99. The van der Waals surface area contributed by atoms with Crippen LogP contribution in [0.4, 0.5) is 10.1 Å². The Morgan fingerprint density at radius 3 is 2.30 bits per heavy atom. The number of hydrogen-bond acceptors (Lipinski definition) is 3. The molecule has 0 saturated heterocycles. The minimum absolute atomic E-state index is 0.221. The maximum absolute atomic E-state index is 13.7. The van der Waals surface area contributed by atoms with Gasteiger partial charge in [0.1, 0.15) is 0 Å². The van der Waals surface area contributed by atoms with Crippen molar-refractivity contribution in [2.75, 3.05) is 29.9 Å². The smallest absolute Gasteiger partial charge is 0.289 e. The van der Waals surface area contributed by atoms with Gasteiger partial charge in [-0.25, -0.2) is 0 Å². The Morgan fingerprint density at radius 2 is 1.87 bits per heavy atom. The van der Waals surface area contributed by atoms with Crippen molar-refractivity contribution in [2.45, 2.75) is 12.8 Å². The highest BCUT2D eigenvalue weighted by atomic mass is 79.9. The fraction of sp³-hybridized carbons (Fsp3) is 0.538. The van der Waals surface area contributed by atoms with Crippen LogP contribution in [-0.2, 0) is 4.57 Å². The molecule has 0 spiro atoms. The fourth-order valence-electron chi connectivity index (χ4n) is 2.10. The predicted molar refractivity (Wildman–Crippen MR) is 97.5 cm³/mol. The molecule has 0 bridgehead atoms. The standard InChI is InChI=1S/C13H19Br2FN3O3P/c1-10(9-23(22,17-6-4-14)18-7-5-15)11-2-3-13(19(20)21)12(16)8-11/h2-3,8,10H,4-7,9H2,1H3,(H2,17,18,22). The van der Waals surface area contributed by atoms with Gasteiger partial charge < -0.3 is 0 Å². The molecule has 1 atom stereocenters. The summed E-state index contributed by atoms with van der Waals surface area (Å²) >= 11 is 6.56. The first kappa shape index (κ1) is 20.7. The number of hydrogen-bond donors (Lipinski definition) is 2. The average Bonchev–Trinajstić information content (AvgIpc) is 2.50. The van der Waals surface area contributed by atoms with Gasteiger partial charge in [-0.3, -0.25) is 24.9 Å². The normalized spacial score (nSPS) is 13.0. The minimum atomic E-state index is -2.84. The Bertz CT molecular complexity index is 580. The monoisotopic (exact) mass is 473 g/mol. The first-order valence-electron chi connectivity index (χ1n) is 6.98. The van der Waals surface area contributed by atoms with Gasteiger partial charge in [0.05, 0.1) is 4.92 Å². The Hall–Kier alpha value is -0.340. The maximum Gasteiger partial charge on any atom is 0.304 e. The lowest BCUT2D eigenvalue weighted by Gasteiger charge is -2.23. The van der Waals surface area contributed by atoms with Crippen molar-refractivity contribution in [3.05, 3.63) is 39.7 Å². The molecular formula is C13H19Br2FN3O3P. The third kappa shape index (κ3) is 6.58. The van der Waals surface area contributed by atoms with Crippen LogP contribution in [0.5, 0.6) is 0 Å². The van der Waals surface area contributed by atoms with E-state index in [1.165, 1.54) is 6.07 Å². The molecule has 23 heavy (non-hydrogen) atoms. The van der Waals surface area contributed by atoms with Crippen LogP contribution in [0.3, 0.4) is 0 Å². The summed E-state index contributed by atoms with van der Waals surface area (Å²) in [6.45, 7) is 2.89. The predicted octanol–water partition coefficient (Wildman–Crippen LogP) is 4.00. The fourth-order valence-corrected chi connectivity index (χ4v) is 5.41. The van der Waals surface area contributed by atoms with Crippen LogP contribution in [0.1, 0.15) is 18.4 Å². The Morgan fingerprint density at radius 1 is 1.30 bits per heavy atom. The summed E-state index contributed by atoms with van der Waals surface area (Å²) in [5.41, 5.74) is 0.0218. The number of nitrogens with one attached hydrogen (secondary N) is 2. The van der Waals surface area contributed by atoms with Gasteiger partial charge in [0, 0.05) is 36.0 Å². The van der Waals surface area contributed by atoms with Crippen molar-refractivity contribution < 1.29 is 13.9 Å². The van der Waals surface area contributed by atoms with Crippen LogP contribution in [0, 0.1) is 15.9 Å². The molecule has 2 N–H and O–H groups in total. The van der Waals surface area contributed by atoms with E-state index in [1.807, 2.05) is 6.92 Å². The van der Waals surface area contributed by atoms with Crippen LogP contribution in [0.15, 0.2) is 18.2 Å². The molecule has 6 nitrogen and oxygen atoms in total. The molecule has 0 fully saturated rings. The van der Waals surface area contributed by atoms with Crippen LogP contribution in [0.25, 0.3) is 0 Å². The molecule has 0 saturated carbocycles. The van der Waals surface area contributed by atoms with Gasteiger partial charge in [-0.1, -0.05) is 44.8 Å². The first-order chi connectivity index (χ1) is 10.8. The Balaban J connectivity index is 2.89. The zero-order chi connectivity index (χ0) is 17.5. The molecule has 0 aromatic heterocycles. The van der Waals surface area contributed by atoms with Crippen LogP contribution in [-0.4, -0.2) is 34.8 Å². The summed E-state index contributed by atoms with van der Waals surface area (Å²) in [5.74, 6) is -1.10. The number of alkyl halides is 2. The van der Waals surface area contributed by atoms with Crippen molar-refractivity contribution in [2.24, 2.45) is 0 Å². The van der Waals surface area contributed by atoms with E-state index in [0.717, 1.165) is 12.1 Å². The van der Waals surface area contributed by atoms with Gasteiger partial charge in [0.25, 0.3) is 0 Å². The summed E-state index contributed by atoms with van der Waals surface area (Å²) in [4.78, 5) is 9.90. The molecule has 0 heterocycles. The number of benzene rings is 1. The van der Waals surface area contributed by atoms with Crippen molar-refractivity contribution >= 4 is 45.0 Å². The molecule has 0 aliphatic heterocycles. The summed E-state index contributed by atoms with van der Waals surface area (Å²) in [7, 11) is -2.84. The average molecular weight is 475 g/mol. The molecule has 0 aliphatic carbocycles. The van der Waals surface area contributed by atoms with Crippen molar-refractivity contribution in [1.82, 2.24) is 10.2 Å². The van der Waals surface area contributed by atoms with Crippen molar-refractivity contribution in [3.8, 4) is 0 Å². The number of halogens is 3. The van der Waals surface area contributed by atoms with E-state index in [-0.39, 0.29) is 12.1 Å². The van der Waals surface area contributed by atoms with E-state index >= 15 is 0 Å². The molecule has 1 aromatic rings. The van der Waals surface area contributed by atoms with Crippen molar-refractivity contribution in [1.29, 1.82) is 0 Å². The Labute approximate surface area is 151 Å². The van der Waals surface area contributed by atoms with Gasteiger partial charge in [0.2, 0.25) is 13.3 Å². The maximum atomic E-state index is 13.7. The molecule has 0 amide bonds. The molecule has 130 valence electrons. The summed E-state index contributed by atoms with van der Waals surface area (Å²) < 4.78 is 26.7. The lowest BCUT2D eigenvalue weighted by Crippen LogP contribution is -2.28. The lowest BCUT2D eigenvalue weighted by atomic mass is 10.0. The molecule has 0 radical (unpaired) electrons. The number of nitrogens with zero attached hydrogens (tertiary/aromatic N) is 1. The van der Waals surface area contributed by atoms with E-state index in [2.05, 4.69) is 42.0 Å². The number of rotatable bonds is 10. The van der Waals surface area contributed by atoms with Crippen LogP contribution < -0.4 is 10.2 Å². The topological polar surface area (TPSA) is 84.3 Å². The van der Waals surface area contributed by atoms with E-state index in [1.54, 1.807) is 0 Å². The molecule has 0 aliphatic rings. The highest BCUT2D eigenvalue weighted by molar-refractivity contribution is 9.09. The summed E-state index contributed by atoms with van der Waals surface area (Å²) in [6.07, 6.45) is 0.282. The molecular weight excluding hydrogens is 456 g/mol. The van der Waals surface area contributed by atoms with Gasteiger partial charge in [-0.05, 0) is 17.5 Å². The third-order valence-corrected chi connectivity index (χ3v) is 6.52. The van der Waals surface area contributed by atoms with Crippen LogP contribution in [0.2, 0.25) is 0 Å². The van der Waals surface area contributed by atoms with Gasteiger partial charge in [-0.2, -0.15) is 4.39 Å². The quantitative estimate of drug-likeness (QED) is 0.232. The summed E-state index contributed by atoms with van der Waals surface area (Å²) in [5, 5.41) is 18.0. The minimum Gasteiger partial charge on any atom is -0.289 e. The highest BCUT2D eigenvalue weighted by Crippen LogP contribution is 2.41. The van der Waals surface area contributed by atoms with Gasteiger partial charge in [0.15, 0.2) is 0 Å². The SMILES string of the molecule is CC(CP(=O)(NCCBr)NCCBr)c1ccc([N+](=O)[O-])c(F)c1. The van der Waals surface area contributed by atoms with Gasteiger partial charge >= 0.3 is 5.69 Å². The summed E-state index contributed by atoms with van der Waals surface area (Å²) in [6, 6.07) is 3.79. The second-order valence-corrected chi connectivity index (χ2v) is 9.05. The van der Waals surface area contributed by atoms with Gasteiger partial charge in [-0.15, -0.1) is 0 Å². The zero-order valence-electron chi connectivity index (χ0n) is 12.6.